The van der Waals surface area contributed by atoms with Gasteiger partial charge >= 0.3 is 5.97 Å². The summed E-state index contributed by atoms with van der Waals surface area (Å²) in [6.07, 6.45) is 0. The predicted molar refractivity (Wildman–Crippen MR) is 74.2 cm³/mol. The Kier molecular flexibility index (Phi) is 3.29. The zero-order chi connectivity index (χ0) is 13.9. The molecular formula is C16H14O4. The van der Waals surface area contributed by atoms with Gasteiger partial charge in [-0.2, -0.15) is 0 Å². The zero-order valence-corrected chi connectivity index (χ0v) is 11.1. The number of hydrogen-bond donors (Lipinski definition) is 0. The minimum Gasteiger partial charge on any atom is -0.486 e. The lowest BCUT2D eigenvalue weighted by Crippen LogP contribution is -2.15. The van der Waals surface area contributed by atoms with Crippen LogP contribution in [0.1, 0.15) is 10.4 Å². The Morgan fingerprint density at radius 3 is 2.55 bits per heavy atom. The molecule has 3 rings (SSSR count). The second kappa shape index (κ2) is 5.25. The van der Waals surface area contributed by atoms with Gasteiger partial charge in [-0.3, -0.25) is 0 Å². The summed E-state index contributed by atoms with van der Waals surface area (Å²) in [6, 6.07) is 13.1. The van der Waals surface area contributed by atoms with Crippen molar-refractivity contribution in [2.24, 2.45) is 0 Å². The number of carbonyl (C=O) groups excluding carboxylic acids is 1. The van der Waals surface area contributed by atoms with Crippen LogP contribution in [0.3, 0.4) is 0 Å². The van der Waals surface area contributed by atoms with Crippen molar-refractivity contribution in [2.75, 3.05) is 20.3 Å². The third-order valence-electron chi connectivity index (χ3n) is 3.16. The van der Waals surface area contributed by atoms with E-state index in [1.165, 1.54) is 7.11 Å². The van der Waals surface area contributed by atoms with Crippen molar-refractivity contribution in [3.8, 4) is 22.6 Å². The fraction of sp³-hybridized carbons (Fsp3) is 0.188. The lowest BCUT2D eigenvalue weighted by molar-refractivity contribution is 0.0601. The molecule has 1 aliphatic heterocycles. The standard InChI is InChI=1S/C16H14O4/c1-18-16(17)13-4-2-3-11(9-13)12-5-6-14-15(10-12)20-8-7-19-14/h2-6,9-10H,7-8H2,1H3. The summed E-state index contributed by atoms with van der Waals surface area (Å²) >= 11 is 0. The molecule has 4 nitrogen and oxygen atoms in total. The molecule has 0 amide bonds. The number of esters is 1. The summed E-state index contributed by atoms with van der Waals surface area (Å²) in [5.74, 6) is 1.14. The van der Waals surface area contributed by atoms with E-state index in [1.807, 2.05) is 30.3 Å². The Morgan fingerprint density at radius 2 is 1.75 bits per heavy atom. The predicted octanol–water partition coefficient (Wildman–Crippen LogP) is 2.91. The lowest BCUT2D eigenvalue weighted by atomic mass is 10.0. The molecule has 0 spiro atoms. The van der Waals surface area contributed by atoms with Crippen molar-refractivity contribution in [3.63, 3.8) is 0 Å². The molecule has 1 heterocycles. The molecule has 4 heteroatoms. The topological polar surface area (TPSA) is 44.8 Å². The Labute approximate surface area is 116 Å². The van der Waals surface area contributed by atoms with Gasteiger partial charge in [0.1, 0.15) is 13.2 Å². The maximum absolute atomic E-state index is 11.6. The van der Waals surface area contributed by atoms with Crippen molar-refractivity contribution in [3.05, 3.63) is 48.0 Å². The van der Waals surface area contributed by atoms with Crippen molar-refractivity contribution in [2.45, 2.75) is 0 Å². The molecule has 1 aliphatic rings. The van der Waals surface area contributed by atoms with Gasteiger partial charge in [0.2, 0.25) is 0 Å². The van der Waals surface area contributed by atoms with Crippen LogP contribution in [0.5, 0.6) is 11.5 Å². The van der Waals surface area contributed by atoms with Crippen LogP contribution >= 0.6 is 0 Å². The third-order valence-corrected chi connectivity index (χ3v) is 3.16. The first-order valence-electron chi connectivity index (χ1n) is 6.36. The molecule has 0 bridgehead atoms. The second-order valence-corrected chi connectivity index (χ2v) is 4.43. The number of hydrogen-bond acceptors (Lipinski definition) is 4. The first-order valence-corrected chi connectivity index (χ1v) is 6.36. The molecule has 2 aromatic carbocycles. The average molecular weight is 270 g/mol. The van der Waals surface area contributed by atoms with Crippen LogP contribution in [0.25, 0.3) is 11.1 Å². The summed E-state index contributed by atoms with van der Waals surface area (Å²) in [7, 11) is 1.37. The van der Waals surface area contributed by atoms with Gasteiger partial charge in [0.05, 0.1) is 12.7 Å². The quantitative estimate of drug-likeness (QED) is 0.787. The van der Waals surface area contributed by atoms with Crippen LogP contribution in [-0.2, 0) is 4.74 Å². The largest absolute Gasteiger partial charge is 0.486 e. The van der Waals surface area contributed by atoms with Crippen molar-refractivity contribution in [1.82, 2.24) is 0 Å². The Morgan fingerprint density at radius 1 is 1.00 bits per heavy atom. The Balaban J connectivity index is 1.98. The molecule has 0 radical (unpaired) electrons. The van der Waals surface area contributed by atoms with E-state index >= 15 is 0 Å². The highest BCUT2D eigenvalue weighted by Crippen LogP contribution is 2.34. The molecule has 0 aromatic heterocycles. The molecule has 102 valence electrons. The maximum atomic E-state index is 11.6. The minimum atomic E-state index is -0.343. The van der Waals surface area contributed by atoms with Gasteiger partial charge < -0.3 is 14.2 Å². The van der Waals surface area contributed by atoms with E-state index in [0.717, 1.165) is 22.6 Å². The van der Waals surface area contributed by atoms with E-state index in [2.05, 4.69) is 0 Å². The molecule has 2 aromatic rings. The van der Waals surface area contributed by atoms with Crippen LogP contribution < -0.4 is 9.47 Å². The number of ether oxygens (including phenoxy) is 3. The smallest absolute Gasteiger partial charge is 0.337 e. The van der Waals surface area contributed by atoms with Gasteiger partial charge in [0.25, 0.3) is 0 Å². The summed E-state index contributed by atoms with van der Waals surface area (Å²) in [6.45, 7) is 1.13. The molecule has 20 heavy (non-hydrogen) atoms. The van der Waals surface area contributed by atoms with Gasteiger partial charge in [-0.05, 0) is 35.4 Å². The van der Waals surface area contributed by atoms with Gasteiger partial charge in [-0.25, -0.2) is 4.79 Å². The van der Waals surface area contributed by atoms with Crippen LogP contribution in [0.4, 0.5) is 0 Å². The van der Waals surface area contributed by atoms with Gasteiger partial charge in [-0.1, -0.05) is 18.2 Å². The maximum Gasteiger partial charge on any atom is 0.337 e. The molecule has 0 atom stereocenters. The molecule has 0 saturated heterocycles. The monoisotopic (exact) mass is 270 g/mol. The van der Waals surface area contributed by atoms with E-state index < -0.39 is 0 Å². The fourth-order valence-electron chi connectivity index (χ4n) is 2.17. The highest BCUT2D eigenvalue weighted by atomic mass is 16.6. The number of carbonyl (C=O) groups is 1. The molecule has 0 aliphatic carbocycles. The molecule has 0 fully saturated rings. The minimum absolute atomic E-state index is 0.343. The first-order chi connectivity index (χ1) is 9.78. The Hall–Kier alpha value is -2.49. The zero-order valence-electron chi connectivity index (χ0n) is 11.1. The lowest BCUT2D eigenvalue weighted by Gasteiger charge is -2.19. The van der Waals surface area contributed by atoms with Crippen LogP contribution in [0.2, 0.25) is 0 Å². The average Bonchev–Trinajstić information content (AvgIpc) is 2.53. The number of benzene rings is 2. The first kappa shape index (κ1) is 12.5. The van der Waals surface area contributed by atoms with Gasteiger partial charge in [0.15, 0.2) is 11.5 Å². The summed E-state index contributed by atoms with van der Waals surface area (Å²) in [4.78, 5) is 11.6. The second-order valence-electron chi connectivity index (χ2n) is 4.43. The van der Waals surface area contributed by atoms with E-state index in [9.17, 15) is 4.79 Å². The summed E-state index contributed by atoms with van der Waals surface area (Å²) in [5.41, 5.74) is 2.43. The number of rotatable bonds is 2. The SMILES string of the molecule is COC(=O)c1cccc(-c2ccc3c(c2)OCCO3)c1. The fourth-order valence-corrected chi connectivity index (χ4v) is 2.17. The molecule has 0 unspecified atom stereocenters. The van der Waals surface area contributed by atoms with Crippen molar-refractivity contribution >= 4 is 5.97 Å². The highest BCUT2D eigenvalue weighted by molar-refractivity contribution is 5.91. The van der Waals surface area contributed by atoms with Gasteiger partial charge in [0, 0.05) is 0 Å². The van der Waals surface area contributed by atoms with E-state index in [1.54, 1.807) is 12.1 Å². The molecule has 0 saturated carbocycles. The summed E-state index contributed by atoms with van der Waals surface area (Å²) < 4.78 is 15.8. The molecule has 0 N–H and O–H groups in total. The van der Waals surface area contributed by atoms with Crippen LogP contribution in [0, 0.1) is 0 Å². The van der Waals surface area contributed by atoms with Crippen molar-refractivity contribution < 1.29 is 19.0 Å². The highest BCUT2D eigenvalue weighted by Gasteiger charge is 2.13. The van der Waals surface area contributed by atoms with Crippen molar-refractivity contribution in [1.29, 1.82) is 0 Å². The summed E-state index contributed by atoms with van der Waals surface area (Å²) in [5, 5.41) is 0. The number of methoxy groups -OCH3 is 1. The van der Waals surface area contributed by atoms with Gasteiger partial charge in [-0.15, -0.1) is 0 Å². The van der Waals surface area contributed by atoms with E-state index in [4.69, 9.17) is 14.2 Å². The van der Waals surface area contributed by atoms with E-state index in [0.29, 0.717) is 18.8 Å². The number of fused-ring (bicyclic) bond motifs is 1. The van der Waals surface area contributed by atoms with E-state index in [-0.39, 0.29) is 5.97 Å². The van der Waals surface area contributed by atoms with Crippen LogP contribution in [0.15, 0.2) is 42.5 Å². The Bertz CT molecular complexity index is 649. The van der Waals surface area contributed by atoms with Crippen LogP contribution in [-0.4, -0.2) is 26.3 Å². The molecular weight excluding hydrogens is 256 g/mol. The normalized spacial score (nSPS) is 12.8. The third kappa shape index (κ3) is 2.32.